The average molecular weight is 388 g/mol. The van der Waals surface area contributed by atoms with Crippen molar-refractivity contribution >= 4 is 27.1 Å². The van der Waals surface area contributed by atoms with E-state index < -0.39 is 15.8 Å². The van der Waals surface area contributed by atoms with Crippen LogP contribution in [0, 0.1) is 0 Å². The van der Waals surface area contributed by atoms with E-state index in [0.717, 1.165) is 16.9 Å². The topological polar surface area (TPSA) is 99.4 Å². The molecule has 0 aliphatic carbocycles. The first-order valence-corrected chi connectivity index (χ1v) is 9.94. The zero-order chi connectivity index (χ0) is 18.7. The standard InChI is InChI=1S/C18H16N2O4S2/c1-24-18(21)14-7-13(12-5-3-2-4-6-12)8-15(9-14)26(22,23)17-11-20-16(10-19)25-17/h2-9,11H,10,19H2,1H3. The van der Waals surface area contributed by atoms with Gasteiger partial charge in [0.2, 0.25) is 9.84 Å². The van der Waals surface area contributed by atoms with Gasteiger partial charge in [0, 0.05) is 6.54 Å². The van der Waals surface area contributed by atoms with E-state index in [2.05, 4.69) is 4.98 Å². The van der Waals surface area contributed by atoms with E-state index in [1.807, 2.05) is 30.3 Å². The molecule has 0 saturated carbocycles. The first kappa shape index (κ1) is 18.2. The Morgan fingerprint density at radius 3 is 2.50 bits per heavy atom. The molecule has 0 unspecified atom stereocenters. The number of carbonyl (C=O) groups excluding carboxylic acids is 1. The number of carbonyl (C=O) groups is 1. The van der Waals surface area contributed by atoms with Crippen LogP contribution < -0.4 is 5.73 Å². The second-order valence-corrected chi connectivity index (χ2v) is 8.68. The first-order valence-electron chi connectivity index (χ1n) is 7.64. The first-order chi connectivity index (χ1) is 12.5. The maximum Gasteiger partial charge on any atom is 0.337 e. The van der Waals surface area contributed by atoms with Crippen molar-refractivity contribution in [1.29, 1.82) is 0 Å². The molecule has 3 aromatic rings. The maximum absolute atomic E-state index is 13.0. The van der Waals surface area contributed by atoms with Gasteiger partial charge in [-0.15, -0.1) is 11.3 Å². The fourth-order valence-electron chi connectivity index (χ4n) is 2.42. The molecule has 26 heavy (non-hydrogen) atoms. The van der Waals surface area contributed by atoms with Gasteiger partial charge < -0.3 is 10.5 Å². The second-order valence-electron chi connectivity index (χ2n) is 5.38. The summed E-state index contributed by atoms with van der Waals surface area (Å²) in [6.07, 6.45) is 1.29. The highest BCUT2D eigenvalue weighted by Crippen LogP contribution is 2.30. The van der Waals surface area contributed by atoms with Crippen LogP contribution in [-0.4, -0.2) is 26.5 Å². The molecular formula is C18H16N2O4S2. The molecule has 0 radical (unpaired) electrons. The van der Waals surface area contributed by atoms with E-state index >= 15 is 0 Å². The Kier molecular flexibility index (Phi) is 5.17. The number of hydrogen-bond acceptors (Lipinski definition) is 7. The summed E-state index contributed by atoms with van der Waals surface area (Å²) in [6.45, 7) is 0.164. The molecule has 0 atom stereocenters. The van der Waals surface area contributed by atoms with Gasteiger partial charge in [-0.05, 0) is 29.3 Å². The maximum atomic E-state index is 13.0. The quantitative estimate of drug-likeness (QED) is 0.675. The van der Waals surface area contributed by atoms with Crippen molar-refractivity contribution in [2.75, 3.05) is 7.11 Å². The largest absolute Gasteiger partial charge is 0.465 e. The van der Waals surface area contributed by atoms with Crippen LogP contribution in [0.2, 0.25) is 0 Å². The lowest BCUT2D eigenvalue weighted by Gasteiger charge is -2.09. The predicted molar refractivity (Wildman–Crippen MR) is 98.7 cm³/mol. The SMILES string of the molecule is COC(=O)c1cc(-c2ccccc2)cc(S(=O)(=O)c2cnc(CN)s2)c1. The van der Waals surface area contributed by atoms with Gasteiger partial charge in [0.15, 0.2) is 0 Å². The van der Waals surface area contributed by atoms with Crippen LogP contribution in [0.15, 0.2) is 63.8 Å². The molecule has 0 fully saturated rings. The lowest BCUT2D eigenvalue weighted by molar-refractivity contribution is 0.0600. The van der Waals surface area contributed by atoms with Gasteiger partial charge in [-0.3, -0.25) is 0 Å². The van der Waals surface area contributed by atoms with Gasteiger partial charge in [-0.1, -0.05) is 30.3 Å². The predicted octanol–water partition coefficient (Wildman–Crippen LogP) is 2.89. The van der Waals surface area contributed by atoms with E-state index in [4.69, 9.17) is 10.5 Å². The molecule has 1 heterocycles. The number of sulfone groups is 1. The number of nitrogens with two attached hydrogens (primary N) is 1. The number of esters is 1. The molecule has 2 aromatic carbocycles. The average Bonchev–Trinajstić information content (AvgIpc) is 3.18. The van der Waals surface area contributed by atoms with Crippen molar-refractivity contribution in [2.24, 2.45) is 5.73 Å². The summed E-state index contributed by atoms with van der Waals surface area (Å²) in [6, 6.07) is 13.7. The molecule has 8 heteroatoms. The third kappa shape index (κ3) is 3.52. The van der Waals surface area contributed by atoms with Crippen molar-refractivity contribution < 1.29 is 17.9 Å². The number of benzene rings is 2. The highest BCUT2D eigenvalue weighted by molar-refractivity contribution is 7.93. The van der Waals surface area contributed by atoms with Gasteiger partial charge >= 0.3 is 5.97 Å². The van der Waals surface area contributed by atoms with E-state index in [-0.39, 0.29) is 21.2 Å². The molecule has 0 bridgehead atoms. The van der Waals surface area contributed by atoms with Gasteiger partial charge in [-0.25, -0.2) is 18.2 Å². The van der Waals surface area contributed by atoms with Crippen LogP contribution in [-0.2, 0) is 21.1 Å². The third-order valence-electron chi connectivity index (χ3n) is 3.72. The minimum atomic E-state index is -3.83. The lowest BCUT2D eigenvalue weighted by atomic mass is 10.0. The summed E-state index contributed by atoms with van der Waals surface area (Å²) >= 11 is 1.02. The number of hydrogen-bond donors (Lipinski definition) is 1. The number of thiazole rings is 1. The molecule has 134 valence electrons. The van der Waals surface area contributed by atoms with E-state index in [0.29, 0.717) is 10.6 Å². The molecular weight excluding hydrogens is 372 g/mol. The van der Waals surface area contributed by atoms with Gasteiger partial charge in [0.25, 0.3) is 0 Å². The molecule has 0 saturated heterocycles. The Balaban J connectivity index is 2.18. The van der Waals surface area contributed by atoms with E-state index in [1.54, 1.807) is 12.1 Å². The van der Waals surface area contributed by atoms with Gasteiger partial charge in [-0.2, -0.15) is 0 Å². The minimum absolute atomic E-state index is 0.00599. The van der Waals surface area contributed by atoms with Crippen LogP contribution in [0.5, 0.6) is 0 Å². The Labute approximate surface area is 155 Å². The van der Waals surface area contributed by atoms with Crippen LogP contribution in [0.4, 0.5) is 0 Å². The Morgan fingerprint density at radius 1 is 1.15 bits per heavy atom. The monoisotopic (exact) mass is 388 g/mol. The minimum Gasteiger partial charge on any atom is -0.465 e. The summed E-state index contributed by atoms with van der Waals surface area (Å²) in [4.78, 5) is 16.0. The Hall–Kier alpha value is -2.55. The van der Waals surface area contributed by atoms with Crippen LogP contribution >= 0.6 is 11.3 Å². The van der Waals surface area contributed by atoms with E-state index in [9.17, 15) is 13.2 Å². The highest BCUT2D eigenvalue weighted by atomic mass is 32.2. The number of rotatable bonds is 5. The van der Waals surface area contributed by atoms with Crippen molar-refractivity contribution in [3.8, 4) is 11.1 Å². The van der Waals surface area contributed by atoms with Gasteiger partial charge in [0.05, 0.1) is 23.8 Å². The number of aromatic nitrogens is 1. The third-order valence-corrected chi connectivity index (χ3v) is 6.93. The van der Waals surface area contributed by atoms with Crippen LogP contribution in [0.1, 0.15) is 15.4 Å². The molecule has 0 spiro atoms. The molecule has 1 aromatic heterocycles. The summed E-state index contributed by atoms with van der Waals surface area (Å²) in [5.41, 5.74) is 7.08. The van der Waals surface area contributed by atoms with Crippen molar-refractivity contribution in [3.63, 3.8) is 0 Å². The zero-order valence-corrected chi connectivity index (χ0v) is 15.5. The second kappa shape index (κ2) is 7.36. The smallest absolute Gasteiger partial charge is 0.337 e. The molecule has 2 N–H and O–H groups in total. The van der Waals surface area contributed by atoms with Crippen LogP contribution in [0.3, 0.4) is 0 Å². The summed E-state index contributed by atoms with van der Waals surface area (Å²) in [5.74, 6) is -0.605. The summed E-state index contributed by atoms with van der Waals surface area (Å²) in [7, 11) is -2.58. The molecule has 0 amide bonds. The van der Waals surface area contributed by atoms with Gasteiger partial charge in [0.1, 0.15) is 9.22 Å². The molecule has 0 aliphatic heterocycles. The van der Waals surface area contributed by atoms with Crippen LogP contribution in [0.25, 0.3) is 11.1 Å². The molecule has 0 aliphatic rings. The van der Waals surface area contributed by atoms with E-state index in [1.165, 1.54) is 19.4 Å². The fourth-order valence-corrected chi connectivity index (χ4v) is 4.95. The molecule has 6 nitrogen and oxygen atoms in total. The fraction of sp³-hybridized carbons (Fsp3) is 0.111. The molecule has 3 rings (SSSR count). The number of nitrogens with zero attached hydrogens (tertiary/aromatic N) is 1. The lowest BCUT2D eigenvalue weighted by Crippen LogP contribution is -2.06. The summed E-state index contributed by atoms with van der Waals surface area (Å²) < 4.78 is 30.8. The summed E-state index contributed by atoms with van der Waals surface area (Å²) in [5, 5.41) is 0.524. The Bertz CT molecular complexity index is 1040. The van der Waals surface area contributed by atoms with Crippen molar-refractivity contribution in [2.45, 2.75) is 15.6 Å². The number of methoxy groups -OCH3 is 1. The van der Waals surface area contributed by atoms with Crippen molar-refractivity contribution in [1.82, 2.24) is 4.98 Å². The Morgan fingerprint density at radius 2 is 1.88 bits per heavy atom. The highest BCUT2D eigenvalue weighted by Gasteiger charge is 2.23. The zero-order valence-electron chi connectivity index (χ0n) is 13.9. The number of ether oxygens (including phenoxy) is 1. The van der Waals surface area contributed by atoms with Crippen molar-refractivity contribution in [3.05, 3.63) is 65.3 Å². The normalized spacial score (nSPS) is 11.3.